The molecule has 6 nitrogen and oxygen atoms in total. The predicted molar refractivity (Wildman–Crippen MR) is 90.7 cm³/mol. The van der Waals surface area contributed by atoms with Gasteiger partial charge in [0.2, 0.25) is 17.7 Å². The number of nitrogens with zero attached hydrogens (tertiary/aromatic N) is 1. The number of amides is 3. The number of hydrogen-bond acceptors (Lipinski definition) is 4. The number of anilines is 1. The van der Waals surface area contributed by atoms with Gasteiger partial charge in [-0.3, -0.25) is 19.3 Å². The van der Waals surface area contributed by atoms with Gasteiger partial charge < -0.3 is 10.1 Å². The van der Waals surface area contributed by atoms with Crippen LogP contribution in [-0.2, 0) is 14.4 Å². The Morgan fingerprint density at radius 3 is 2.12 bits per heavy atom. The average Bonchev–Trinajstić information content (AvgIpc) is 2.90. The molecule has 0 spiro atoms. The van der Waals surface area contributed by atoms with Crippen LogP contribution in [0.15, 0.2) is 36.4 Å². The van der Waals surface area contributed by atoms with Gasteiger partial charge >= 0.3 is 0 Å². The number of nitrogens with one attached hydrogen (secondary N) is 1. The lowest BCUT2D eigenvalue weighted by Gasteiger charge is -2.38. The quantitative estimate of drug-likeness (QED) is 0.670. The van der Waals surface area contributed by atoms with Gasteiger partial charge in [-0.1, -0.05) is 12.2 Å². The second-order valence-electron chi connectivity index (χ2n) is 6.88. The van der Waals surface area contributed by atoms with Gasteiger partial charge in [0.15, 0.2) is 0 Å². The highest BCUT2D eigenvalue weighted by Crippen LogP contribution is 2.49. The SMILES string of the molecule is COc1ccc(NC(=O)CN2C(=O)[C@@H]3[C@@H](C2=O)[C@H]2C=C[C@H]3CC2)cc1. The molecule has 4 atom stereocenters. The molecule has 130 valence electrons. The van der Waals surface area contributed by atoms with Crippen LogP contribution >= 0.6 is 0 Å². The Balaban J connectivity index is 1.44. The molecule has 5 rings (SSSR count). The van der Waals surface area contributed by atoms with Gasteiger partial charge in [-0.05, 0) is 48.9 Å². The lowest BCUT2D eigenvalue weighted by atomic mass is 9.63. The van der Waals surface area contributed by atoms with E-state index in [4.69, 9.17) is 4.74 Å². The first kappa shape index (κ1) is 15.9. The Hall–Kier alpha value is -2.63. The van der Waals surface area contributed by atoms with Gasteiger partial charge in [-0.15, -0.1) is 0 Å². The van der Waals surface area contributed by atoms with Crippen LogP contribution in [0.2, 0.25) is 0 Å². The van der Waals surface area contributed by atoms with Crippen molar-refractivity contribution in [3.05, 3.63) is 36.4 Å². The van der Waals surface area contributed by atoms with Crippen molar-refractivity contribution in [1.29, 1.82) is 0 Å². The van der Waals surface area contributed by atoms with Gasteiger partial charge in [0.05, 0.1) is 18.9 Å². The molecular formula is C19H20N2O4. The van der Waals surface area contributed by atoms with Gasteiger partial charge in [0.25, 0.3) is 0 Å². The lowest BCUT2D eigenvalue weighted by molar-refractivity contribution is -0.142. The number of carbonyl (C=O) groups excluding carboxylic acids is 3. The number of ether oxygens (including phenoxy) is 1. The van der Waals surface area contributed by atoms with Crippen LogP contribution in [0.5, 0.6) is 5.75 Å². The minimum atomic E-state index is -0.370. The largest absolute Gasteiger partial charge is 0.497 e. The topological polar surface area (TPSA) is 75.7 Å². The zero-order chi connectivity index (χ0) is 17.6. The smallest absolute Gasteiger partial charge is 0.244 e. The summed E-state index contributed by atoms with van der Waals surface area (Å²) in [6, 6.07) is 6.90. The molecular weight excluding hydrogens is 320 g/mol. The highest BCUT2D eigenvalue weighted by atomic mass is 16.5. The first-order valence-electron chi connectivity index (χ1n) is 8.56. The highest BCUT2D eigenvalue weighted by Gasteiger charge is 2.56. The van der Waals surface area contributed by atoms with Crippen LogP contribution in [0.1, 0.15) is 12.8 Å². The summed E-state index contributed by atoms with van der Waals surface area (Å²) in [6.45, 7) is -0.226. The second kappa shape index (κ2) is 6.02. The van der Waals surface area contributed by atoms with E-state index in [0.29, 0.717) is 11.4 Å². The zero-order valence-corrected chi connectivity index (χ0v) is 14.0. The molecule has 6 heteroatoms. The molecule has 25 heavy (non-hydrogen) atoms. The van der Waals surface area contributed by atoms with E-state index in [1.54, 1.807) is 31.4 Å². The number of hydrogen-bond donors (Lipinski definition) is 1. The van der Waals surface area contributed by atoms with Crippen molar-refractivity contribution in [2.45, 2.75) is 12.8 Å². The summed E-state index contributed by atoms with van der Waals surface area (Å²) in [5, 5.41) is 2.72. The summed E-state index contributed by atoms with van der Waals surface area (Å²) in [7, 11) is 1.57. The first-order chi connectivity index (χ1) is 12.1. The number of methoxy groups -OCH3 is 1. The fraction of sp³-hybridized carbons (Fsp3) is 0.421. The first-order valence-corrected chi connectivity index (χ1v) is 8.56. The number of likely N-dealkylation sites (tertiary alicyclic amines) is 1. The standard InChI is InChI=1S/C19H20N2O4/c1-25-14-8-6-13(7-9-14)20-15(22)10-21-18(23)16-11-2-3-12(5-4-11)17(16)19(21)24/h2-3,6-9,11-12,16-17H,4-5,10H2,1H3,(H,20,22)/t11-,12-,16-,17-/m0/s1. The monoisotopic (exact) mass is 340 g/mol. The minimum Gasteiger partial charge on any atom is -0.497 e. The summed E-state index contributed by atoms with van der Waals surface area (Å²) in [6.07, 6.45) is 6.04. The average molecular weight is 340 g/mol. The molecule has 1 heterocycles. The van der Waals surface area contributed by atoms with E-state index in [9.17, 15) is 14.4 Å². The van der Waals surface area contributed by atoms with Crippen molar-refractivity contribution in [2.75, 3.05) is 19.0 Å². The van der Waals surface area contributed by atoms with Crippen molar-refractivity contribution >= 4 is 23.4 Å². The van der Waals surface area contributed by atoms with Crippen molar-refractivity contribution in [3.63, 3.8) is 0 Å². The third-order valence-corrected chi connectivity index (χ3v) is 5.53. The molecule has 2 bridgehead atoms. The molecule has 0 unspecified atom stereocenters. The van der Waals surface area contributed by atoms with Gasteiger partial charge in [-0.2, -0.15) is 0 Å². The molecule has 4 aliphatic rings. The Morgan fingerprint density at radius 2 is 1.64 bits per heavy atom. The van der Waals surface area contributed by atoms with E-state index in [-0.39, 0.29) is 47.9 Å². The number of fused-ring (bicyclic) bond motifs is 1. The Kier molecular flexibility index (Phi) is 3.82. The van der Waals surface area contributed by atoms with Crippen LogP contribution in [-0.4, -0.2) is 36.3 Å². The second-order valence-corrected chi connectivity index (χ2v) is 6.88. The normalized spacial score (nSPS) is 29.7. The molecule has 1 aromatic rings. The Labute approximate surface area is 145 Å². The fourth-order valence-electron chi connectivity index (χ4n) is 4.31. The molecule has 3 aliphatic carbocycles. The van der Waals surface area contributed by atoms with Crippen LogP contribution in [0.3, 0.4) is 0 Å². The number of carbonyl (C=O) groups is 3. The van der Waals surface area contributed by atoms with Crippen molar-refractivity contribution in [1.82, 2.24) is 4.90 Å². The molecule has 0 aromatic heterocycles. The molecule has 1 saturated heterocycles. The molecule has 1 aromatic carbocycles. The fourth-order valence-corrected chi connectivity index (χ4v) is 4.31. The third-order valence-electron chi connectivity index (χ3n) is 5.53. The molecule has 1 N–H and O–H groups in total. The van der Waals surface area contributed by atoms with E-state index in [0.717, 1.165) is 17.7 Å². The van der Waals surface area contributed by atoms with Crippen molar-refractivity contribution in [3.8, 4) is 5.75 Å². The molecule has 1 aliphatic heterocycles. The Bertz CT molecular complexity index is 723. The van der Waals surface area contributed by atoms with Crippen LogP contribution < -0.4 is 10.1 Å². The number of imide groups is 1. The summed E-state index contributed by atoms with van der Waals surface area (Å²) in [4.78, 5) is 38.8. The summed E-state index contributed by atoms with van der Waals surface area (Å²) >= 11 is 0. The van der Waals surface area contributed by atoms with Gasteiger partial charge in [-0.25, -0.2) is 0 Å². The van der Waals surface area contributed by atoms with Gasteiger partial charge in [0, 0.05) is 5.69 Å². The van der Waals surface area contributed by atoms with Crippen molar-refractivity contribution in [2.24, 2.45) is 23.7 Å². The minimum absolute atomic E-state index is 0.140. The van der Waals surface area contributed by atoms with Gasteiger partial charge in [0.1, 0.15) is 12.3 Å². The van der Waals surface area contributed by atoms with Crippen LogP contribution in [0, 0.1) is 23.7 Å². The van der Waals surface area contributed by atoms with Crippen LogP contribution in [0.4, 0.5) is 5.69 Å². The highest BCUT2D eigenvalue weighted by molar-refractivity contribution is 6.09. The van der Waals surface area contributed by atoms with Crippen LogP contribution in [0.25, 0.3) is 0 Å². The maximum atomic E-state index is 12.7. The summed E-state index contributed by atoms with van der Waals surface area (Å²) < 4.78 is 5.07. The van der Waals surface area contributed by atoms with Crippen molar-refractivity contribution < 1.29 is 19.1 Å². The van der Waals surface area contributed by atoms with E-state index < -0.39 is 0 Å². The number of allylic oxidation sites excluding steroid dienone is 2. The Morgan fingerprint density at radius 1 is 1.08 bits per heavy atom. The molecule has 0 radical (unpaired) electrons. The van der Waals surface area contributed by atoms with E-state index >= 15 is 0 Å². The van der Waals surface area contributed by atoms with E-state index in [1.165, 1.54) is 0 Å². The zero-order valence-electron chi connectivity index (χ0n) is 14.0. The summed E-state index contributed by atoms with van der Waals surface area (Å²) in [5.41, 5.74) is 0.601. The molecule has 3 amide bonds. The predicted octanol–water partition coefficient (Wildman–Crippen LogP) is 1.83. The molecule has 2 fully saturated rings. The maximum Gasteiger partial charge on any atom is 0.244 e. The molecule has 1 saturated carbocycles. The van der Waals surface area contributed by atoms with E-state index in [1.807, 2.05) is 0 Å². The van der Waals surface area contributed by atoms with E-state index in [2.05, 4.69) is 17.5 Å². The number of rotatable bonds is 4. The lowest BCUT2D eigenvalue weighted by Crippen LogP contribution is -2.38. The summed E-state index contributed by atoms with van der Waals surface area (Å²) in [5.74, 6) is -0.337. The maximum absolute atomic E-state index is 12.7. The number of benzene rings is 1. The third kappa shape index (κ3) is 2.62.